The van der Waals surface area contributed by atoms with Gasteiger partial charge in [-0.05, 0) is 25.0 Å². The largest absolute Gasteiger partial charge is 0.497 e. The van der Waals surface area contributed by atoms with Crippen LogP contribution in [-0.4, -0.2) is 35.8 Å². The molecule has 1 saturated heterocycles. The molecule has 7 heteroatoms. The van der Waals surface area contributed by atoms with Gasteiger partial charge in [0.1, 0.15) is 29.0 Å². The number of benzene rings is 1. The summed E-state index contributed by atoms with van der Waals surface area (Å²) in [7, 11) is 3.24. The van der Waals surface area contributed by atoms with Gasteiger partial charge < -0.3 is 19.9 Å². The smallest absolute Gasteiger partial charge is 0.148 e. The van der Waals surface area contributed by atoms with E-state index in [9.17, 15) is 0 Å². The molecule has 1 fully saturated rings. The third kappa shape index (κ3) is 2.53. The zero-order valence-corrected chi connectivity index (χ0v) is 12.8. The van der Waals surface area contributed by atoms with Crippen LogP contribution >= 0.6 is 0 Å². The molecular formula is C15H20N4O3. The van der Waals surface area contributed by atoms with Crippen LogP contribution in [0.2, 0.25) is 0 Å². The molecule has 0 aliphatic carbocycles. The Kier molecular flexibility index (Phi) is 4.26. The summed E-state index contributed by atoms with van der Waals surface area (Å²) in [5, 5.41) is 8.45. The molecule has 7 nitrogen and oxygen atoms in total. The molecule has 1 aromatic carbocycles. The first-order valence-corrected chi connectivity index (χ1v) is 7.27. The van der Waals surface area contributed by atoms with Crippen LogP contribution in [0.3, 0.4) is 0 Å². The lowest BCUT2D eigenvalue weighted by molar-refractivity contribution is 0.106. The van der Waals surface area contributed by atoms with Crippen LogP contribution < -0.4 is 15.2 Å². The number of nitrogens with two attached hydrogens (primary N) is 1. The van der Waals surface area contributed by atoms with Gasteiger partial charge in [-0.15, -0.1) is 5.10 Å². The highest BCUT2D eigenvalue weighted by molar-refractivity contribution is 5.51. The van der Waals surface area contributed by atoms with Gasteiger partial charge in [0.05, 0.1) is 19.9 Å². The van der Waals surface area contributed by atoms with Crippen LogP contribution in [0.4, 0.5) is 0 Å². The van der Waals surface area contributed by atoms with Gasteiger partial charge in [0.25, 0.3) is 0 Å². The summed E-state index contributed by atoms with van der Waals surface area (Å²) in [6.07, 6.45) is 1.94. The normalized spacial score (nSPS) is 17.7. The summed E-state index contributed by atoms with van der Waals surface area (Å²) in [5.41, 5.74) is 8.26. The Morgan fingerprint density at radius 2 is 2.23 bits per heavy atom. The molecule has 1 aromatic heterocycles. The molecule has 2 N–H and O–H groups in total. The van der Waals surface area contributed by atoms with Gasteiger partial charge in [0, 0.05) is 19.2 Å². The lowest BCUT2D eigenvalue weighted by Gasteiger charge is -2.16. The predicted octanol–water partition coefficient (Wildman–Crippen LogP) is 1.59. The van der Waals surface area contributed by atoms with Gasteiger partial charge in [-0.25, -0.2) is 4.68 Å². The molecule has 1 unspecified atom stereocenters. The van der Waals surface area contributed by atoms with Gasteiger partial charge in [-0.1, -0.05) is 5.21 Å². The molecule has 0 saturated carbocycles. The van der Waals surface area contributed by atoms with E-state index in [0.717, 1.165) is 42.3 Å². The average Bonchev–Trinajstić information content (AvgIpc) is 3.22. The molecule has 3 rings (SSSR count). The number of methoxy groups -OCH3 is 2. The van der Waals surface area contributed by atoms with E-state index in [0.29, 0.717) is 12.3 Å². The number of hydrogen-bond acceptors (Lipinski definition) is 6. The van der Waals surface area contributed by atoms with Crippen molar-refractivity contribution in [1.29, 1.82) is 0 Å². The molecule has 1 aliphatic heterocycles. The summed E-state index contributed by atoms with van der Waals surface area (Å²) in [4.78, 5) is 0. The van der Waals surface area contributed by atoms with Crippen LogP contribution in [0.15, 0.2) is 18.2 Å². The topological polar surface area (TPSA) is 84.4 Å². The number of aromatic nitrogens is 3. The second kappa shape index (κ2) is 6.33. The van der Waals surface area contributed by atoms with Gasteiger partial charge in [-0.2, -0.15) is 0 Å². The first kappa shape index (κ1) is 14.8. The summed E-state index contributed by atoms with van der Waals surface area (Å²) >= 11 is 0. The zero-order chi connectivity index (χ0) is 15.5. The van der Waals surface area contributed by atoms with Crippen LogP contribution in [-0.2, 0) is 11.3 Å². The third-order valence-electron chi connectivity index (χ3n) is 3.82. The van der Waals surface area contributed by atoms with Crippen molar-refractivity contribution in [3.8, 4) is 17.2 Å². The van der Waals surface area contributed by atoms with Crippen LogP contribution in [0.1, 0.15) is 30.3 Å². The number of nitrogens with zero attached hydrogens (tertiary/aromatic N) is 3. The lowest BCUT2D eigenvalue weighted by atomic mass is 10.1. The Bertz CT molecular complexity index is 650. The Morgan fingerprint density at radius 3 is 2.86 bits per heavy atom. The SMILES string of the molecule is COc1ccc(-n2nnc(CN)c2C2CCCO2)c(OC)c1. The fourth-order valence-electron chi connectivity index (χ4n) is 2.72. The van der Waals surface area contributed by atoms with E-state index in [2.05, 4.69) is 10.3 Å². The summed E-state index contributed by atoms with van der Waals surface area (Å²) in [5.74, 6) is 1.38. The monoisotopic (exact) mass is 304 g/mol. The average molecular weight is 304 g/mol. The fraction of sp³-hybridized carbons (Fsp3) is 0.467. The maximum absolute atomic E-state index is 5.80. The first-order valence-electron chi connectivity index (χ1n) is 7.27. The van der Waals surface area contributed by atoms with Gasteiger partial charge in [-0.3, -0.25) is 0 Å². The lowest BCUT2D eigenvalue weighted by Crippen LogP contribution is -2.11. The molecule has 1 atom stereocenters. The van der Waals surface area contributed by atoms with E-state index in [1.165, 1.54) is 0 Å². The Hall–Kier alpha value is -2.12. The quantitative estimate of drug-likeness (QED) is 0.903. The molecule has 2 aromatic rings. The summed E-state index contributed by atoms with van der Waals surface area (Å²) < 4.78 is 18.3. The van der Waals surface area contributed by atoms with E-state index < -0.39 is 0 Å². The molecule has 118 valence electrons. The minimum absolute atomic E-state index is 0.0274. The highest BCUT2D eigenvalue weighted by Gasteiger charge is 2.27. The second-order valence-corrected chi connectivity index (χ2v) is 5.08. The minimum Gasteiger partial charge on any atom is -0.497 e. The van der Waals surface area contributed by atoms with Crippen LogP contribution in [0.5, 0.6) is 11.5 Å². The van der Waals surface area contributed by atoms with Crippen molar-refractivity contribution in [2.75, 3.05) is 20.8 Å². The van der Waals surface area contributed by atoms with Crippen molar-refractivity contribution in [1.82, 2.24) is 15.0 Å². The van der Waals surface area contributed by atoms with E-state index >= 15 is 0 Å². The van der Waals surface area contributed by atoms with Gasteiger partial charge in [0.2, 0.25) is 0 Å². The molecular weight excluding hydrogens is 284 g/mol. The number of rotatable bonds is 5. The maximum Gasteiger partial charge on any atom is 0.148 e. The third-order valence-corrected chi connectivity index (χ3v) is 3.82. The molecule has 0 radical (unpaired) electrons. The molecule has 1 aliphatic rings. The van der Waals surface area contributed by atoms with Crippen LogP contribution in [0, 0.1) is 0 Å². The first-order chi connectivity index (χ1) is 10.8. The van der Waals surface area contributed by atoms with Crippen molar-refractivity contribution in [2.45, 2.75) is 25.5 Å². The predicted molar refractivity (Wildman–Crippen MR) is 80.3 cm³/mol. The summed E-state index contributed by atoms with van der Waals surface area (Å²) in [6, 6.07) is 5.57. The van der Waals surface area contributed by atoms with Crippen molar-refractivity contribution in [2.24, 2.45) is 5.73 Å². The maximum atomic E-state index is 5.80. The Morgan fingerprint density at radius 1 is 1.36 bits per heavy atom. The van der Waals surface area contributed by atoms with Crippen LogP contribution in [0.25, 0.3) is 5.69 Å². The van der Waals surface area contributed by atoms with Crippen molar-refractivity contribution < 1.29 is 14.2 Å². The fourth-order valence-corrected chi connectivity index (χ4v) is 2.72. The molecule has 0 bridgehead atoms. The number of ether oxygens (including phenoxy) is 3. The highest BCUT2D eigenvalue weighted by Crippen LogP contribution is 2.34. The van der Waals surface area contributed by atoms with Crippen molar-refractivity contribution in [3.05, 3.63) is 29.6 Å². The van der Waals surface area contributed by atoms with E-state index in [-0.39, 0.29) is 6.10 Å². The highest BCUT2D eigenvalue weighted by atomic mass is 16.5. The second-order valence-electron chi connectivity index (χ2n) is 5.08. The Labute approximate surface area is 129 Å². The Balaban J connectivity index is 2.10. The van der Waals surface area contributed by atoms with Crippen molar-refractivity contribution in [3.63, 3.8) is 0 Å². The molecule has 22 heavy (non-hydrogen) atoms. The molecule has 0 amide bonds. The van der Waals surface area contributed by atoms with E-state index in [1.807, 2.05) is 18.2 Å². The van der Waals surface area contributed by atoms with E-state index in [1.54, 1.807) is 18.9 Å². The molecule has 2 heterocycles. The molecule has 0 spiro atoms. The number of hydrogen-bond donors (Lipinski definition) is 1. The standard InChI is InChI=1S/C15H20N4O3/c1-20-10-5-6-12(14(8-10)21-2)19-15(11(9-16)17-18-19)13-4-3-7-22-13/h5-6,8,13H,3-4,7,9,16H2,1-2H3. The summed E-state index contributed by atoms with van der Waals surface area (Å²) in [6.45, 7) is 1.08. The minimum atomic E-state index is -0.0274. The van der Waals surface area contributed by atoms with Gasteiger partial charge >= 0.3 is 0 Å². The van der Waals surface area contributed by atoms with E-state index in [4.69, 9.17) is 19.9 Å². The van der Waals surface area contributed by atoms with Gasteiger partial charge in [0.15, 0.2) is 0 Å². The van der Waals surface area contributed by atoms with Crippen molar-refractivity contribution >= 4 is 0 Å². The zero-order valence-electron chi connectivity index (χ0n) is 12.8.